The van der Waals surface area contributed by atoms with Crippen LogP contribution >= 0.6 is 0 Å². The van der Waals surface area contributed by atoms with Crippen molar-refractivity contribution in [3.8, 4) is 5.75 Å². The summed E-state index contributed by atoms with van der Waals surface area (Å²) in [7, 11) is 1.57. The molecule has 1 aromatic carbocycles. The van der Waals surface area contributed by atoms with Gasteiger partial charge in [-0.25, -0.2) is 9.59 Å². The van der Waals surface area contributed by atoms with Crippen molar-refractivity contribution in [3.63, 3.8) is 0 Å². The number of aliphatic carboxylic acids is 1. The van der Waals surface area contributed by atoms with E-state index in [-0.39, 0.29) is 12.7 Å². The molecule has 0 fully saturated rings. The number of benzene rings is 1. The molecule has 182 valence electrons. The van der Waals surface area contributed by atoms with Crippen LogP contribution in [-0.4, -0.2) is 74.8 Å². The maximum atomic E-state index is 12.4. The van der Waals surface area contributed by atoms with Gasteiger partial charge in [-0.2, -0.15) is 0 Å². The number of amides is 1. The highest BCUT2D eigenvalue weighted by molar-refractivity contribution is 5.72. The molecule has 8 nitrogen and oxygen atoms in total. The molecule has 0 aliphatic carbocycles. The van der Waals surface area contributed by atoms with Crippen LogP contribution in [0.5, 0.6) is 5.75 Å². The molecule has 0 radical (unpaired) electrons. The Morgan fingerprint density at radius 3 is 2.31 bits per heavy atom. The molecule has 1 atom stereocenters. The largest absolute Gasteiger partial charge is 0.492 e. The van der Waals surface area contributed by atoms with Gasteiger partial charge in [0.15, 0.2) is 6.10 Å². The standard InChI is InChI=1S/C24H39NO7/c1-4-6-7-8-9-14-25(24(28)32-18-17-29-3)15-16-31-21-12-10-20(11-13-21)19-22(23(26)27)30-5-2/h10-13,22H,4-9,14-19H2,1-3H3,(H,26,27). The minimum Gasteiger partial charge on any atom is -0.492 e. The molecule has 1 amide bonds. The van der Waals surface area contributed by atoms with Crippen LogP contribution in [-0.2, 0) is 25.4 Å². The second-order valence-electron chi connectivity index (χ2n) is 7.49. The average molecular weight is 454 g/mol. The van der Waals surface area contributed by atoms with Gasteiger partial charge in [0.2, 0.25) is 0 Å². The molecule has 0 bridgehead atoms. The molecule has 0 saturated heterocycles. The van der Waals surface area contributed by atoms with Gasteiger partial charge in [-0.15, -0.1) is 0 Å². The lowest BCUT2D eigenvalue weighted by atomic mass is 10.1. The molecular weight excluding hydrogens is 414 g/mol. The number of unbranched alkanes of at least 4 members (excludes halogenated alkanes) is 4. The summed E-state index contributed by atoms with van der Waals surface area (Å²) in [5.41, 5.74) is 0.855. The Morgan fingerprint density at radius 1 is 0.969 bits per heavy atom. The molecule has 0 saturated carbocycles. The van der Waals surface area contributed by atoms with E-state index in [1.807, 2.05) is 12.1 Å². The van der Waals surface area contributed by atoms with Gasteiger partial charge in [0.05, 0.1) is 13.2 Å². The summed E-state index contributed by atoms with van der Waals surface area (Å²) < 4.78 is 21.2. The number of hydrogen-bond acceptors (Lipinski definition) is 6. The molecule has 1 unspecified atom stereocenters. The van der Waals surface area contributed by atoms with Gasteiger partial charge in [0, 0.05) is 26.7 Å². The maximum absolute atomic E-state index is 12.4. The van der Waals surface area contributed by atoms with Crippen LogP contribution in [0, 0.1) is 0 Å². The lowest BCUT2D eigenvalue weighted by Gasteiger charge is -2.22. The topological polar surface area (TPSA) is 94.5 Å². The van der Waals surface area contributed by atoms with Crippen molar-refractivity contribution >= 4 is 12.1 Å². The van der Waals surface area contributed by atoms with Gasteiger partial charge in [-0.1, -0.05) is 44.7 Å². The Balaban J connectivity index is 2.52. The van der Waals surface area contributed by atoms with Crippen molar-refractivity contribution in [1.82, 2.24) is 4.90 Å². The van der Waals surface area contributed by atoms with Crippen LogP contribution < -0.4 is 4.74 Å². The molecule has 0 aliphatic rings. The van der Waals surface area contributed by atoms with Gasteiger partial charge in [0.1, 0.15) is 19.0 Å². The summed E-state index contributed by atoms with van der Waals surface area (Å²) in [4.78, 5) is 25.3. The first-order valence-corrected chi connectivity index (χ1v) is 11.5. The number of nitrogens with zero attached hydrogens (tertiary/aromatic N) is 1. The van der Waals surface area contributed by atoms with Crippen molar-refractivity contribution in [2.24, 2.45) is 0 Å². The SMILES string of the molecule is CCCCCCCN(CCOc1ccc(CC(OCC)C(=O)O)cc1)C(=O)OCCOC. The number of rotatable bonds is 18. The summed E-state index contributed by atoms with van der Waals surface area (Å²) in [6.07, 6.45) is 4.64. The molecule has 0 spiro atoms. The first-order chi connectivity index (χ1) is 15.5. The number of carbonyl (C=O) groups is 2. The number of methoxy groups -OCH3 is 1. The summed E-state index contributed by atoms with van der Waals surface area (Å²) >= 11 is 0. The first kappa shape index (κ1) is 27.7. The van der Waals surface area contributed by atoms with Crippen molar-refractivity contribution in [1.29, 1.82) is 0 Å². The fourth-order valence-electron chi connectivity index (χ4n) is 3.13. The fourth-order valence-corrected chi connectivity index (χ4v) is 3.13. The lowest BCUT2D eigenvalue weighted by Crippen LogP contribution is -2.36. The second-order valence-corrected chi connectivity index (χ2v) is 7.49. The van der Waals surface area contributed by atoms with E-state index in [2.05, 4.69) is 6.92 Å². The third kappa shape index (κ3) is 11.9. The molecule has 0 aliphatic heterocycles. The third-order valence-corrected chi connectivity index (χ3v) is 4.92. The van der Waals surface area contributed by atoms with Gasteiger partial charge in [0.25, 0.3) is 0 Å². The molecule has 1 N–H and O–H groups in total. The van der Waals surface area contributed by atoms with Crippen LogP contribution in [0.1, 0.15) is 51.5 Å². The molecule has 0 heterocycles. The van der Waals surface area contributed by atoms with Crippen molar-refractivity contribution in [3.05, 3.63) is 29.8 Å². The van der Waals surface area contributed by atoms with E-state index in [0.29, 0.717) is 45.1 Å². The summed E-state index contributed by atoms with van der Waals surface area (Å²) in [5.74, 6) is -0.313. The highest BCUT2D eigenvalue weighted by atomic mass is 16.6. The van der Waals surface area contributed by atoms with Gasteiger partial charge in [-0.3, -0.25) is 0 Å². The average Bonchev–Trinajstić information content (AvgIpc) is 2.78. The highest BCUT2D eigenvalue weighted by Crippen LogP contribution is 2.15. The third-order valence-electron chi connectivity index (χ3n) is 4.92. The van der Waals surface area contributed by atoms with E-state index in [4.69, 9.17) is 18.9 Å². The van der Waals surface area contributed by atoms with E-state index in [0.717, 1.165) is 24.8 Å². The predicted molar refractivity (Wildman–Crippen MR) is 122 cm³/mol. The van der Waals surface area contributed by atoms with Crippen LogP contribution in [0.15, 0.2) is 24.3 Å². The van der Waals surface area contributed by atoms with Crippen LogP contribution in [0.2, 0.25) is 0 Å². The maximum Gasteiger partial charge on any atom is 0.409 e. The Hall–Kier alpha value is -2.32. The zero-order chi connectivity index (χ0) is 23.6. The fraction of sp³-hybridized carbons (Fsp3) is 0.667. The van der Waals surface area contributed by atoms with Crippen molar-refractivity contribution in [2.75, 3.05) is 46.6 Å². The van der Waals surface area contributed by atoms with E-state index in [1.54, 1.807) is 31.1 Å². The molecular formula is C24H39NO7. The number of carboxylic acid groups (broad SMARTS) is 1. The Kier molecular flexibility index (Phi) is 14.9. The number of carbonyl (C=O) groups excluding carboxylic acids is 1. The molecule has 1 aromatic rings. The summed E-state index contributed by atoms with van der Waals surface area (Å²) in [6, 6.07) is 7.25. The quantitative estimate of drug-likeness (QED) is 0.334. The van der Waals surface area contributed by atoms with Crippen LogP contribution in [0.25, 0.3) is 0 Å². The van der Waals surface area contributed by atoms with Crippen molar-refractivity contribution in [2.45, 2.75) is 58.5 Å². The smallest absolute Gasteiger partial charge is 0.409 e. The lowest BCUT2D eigenvalue weighted by molar-refractivity contribution is -0.149. The minimum atomic E-state index is -0.973. The summed E-state index contributed by atoms with van der Waals surface area (Å²) in [6.45, 7) is 6.28. The number of carboxylic acids is 1. The second kappa shape index (κ2) is 17.3. The minimum absolute atomic E-state index is 0.225. The normalized spacial score (nSPS) is 11.7. The Bertz CT molecular complexity index is 636. The summed E-state index contributed by atoms with van der Waals surface area (Å²) in [5, 5.41) is 9.21. The van der Waals surface area contributed by atoms with E-state index >= 15 is 0 Å². The highest BCUT2D eigenvalue weighted by Gasteiger charge is 2.18. The molecule has 8 heteroatoms. The Morgan fingerprint density at radius 2 is 1.69 bits per heavy atom. The van der Waals surface area contributed by atoms with E-state index in [1.165, 1.54) is 12.8 Å². The van der Waals surface area contributed by atoms with E-state index < -0.39 is 12.1 Å². The van der Waals surface area contributed by atoms with Gasteiger partial charge in [-0.05, 0) is 31.0 Å². The van der Waals surface area contributed by atoms with E-state index in [9.17, 15) is 14.7 Å². The molecule has 1 rings (SSSR count). The van der Waals surface area contributed by atoms with Crippen LogP contribution in [0.4, 0.5) is 4.79 Å². The zero-order valence-corrected chi connectivity index (χ0v) is 19.7. The predicted octanol–water partition coefficient (Wildman–Crippen LogP) is 4.15. The van der Waals surface area contributed by atoms with Crippen molar-refractivity contribution < 1.29 is 33.6 Å². The molecule has 32 heavy (non-hydrogen) atoms. The first-order valence-electron chi connectivity index (χ1n) is 11.5. The number of hydrogen-bond donors (Lipinski definition) is 1. The monoisotopic (exact) mass is 453 g/mol. The Labute approximate surface area is 191 Å². The zero-order valence-electron chi connectivity index (χ0n) is 19.7. The van der Waals surface area contributed by atoms with Gasteiger partial charge < -0.3 is 29.0 Å². The number of ether oxygens (including phenoxy) is 4. The van der Waals surface area contributed by atoms with Crippen LogP contribution in [0.3, 0.4) is 0 Å². The molecule has 0 aromatic heterocycles. The van der Waals surface area contributed by atoms with Gasteiger partial charge >= 0.3 is 12.1 Å².